The normalized spacial score (nSPS) is 12.3. The van der Waals surface area contributed by atoms with Crippen LogP contribution in [-0.2, 0) is 6.42 Å². The Morgan fingerprint density at radius 1 is 1.10 bits per heavy atom. The van der Waals surface area contributed by atoms with Gasteiger partial charge in [-0.2, -0.15) is 0 Å². The third-order valence-corrected chi connectivity index (χ3v) is 4.58. The Morgan fingerprint density at radius 3 is 2.55 bits per heavy atom. The highest BCUT2D eigenvalue weighted by molar-refractivity contribution is 9.10. The summed E-state index contributed by atoms with van der Waals surface area (Å²) in [7, 11) is 0. The molecule has 2 rings (SSSR count). The summed E-state index contributed by atoms with van der Waals surface area (Å²) in [6.07, 6.45) is 3.87. The van der Waals surface area contributed by atoms with Gasteiger partial charge in [0.05, 0.1) is 11.7 Å². The lowest BCUT2D eigenvalue weighted by molar-refractivity contribution is 0.515. The van der Waals surface area contributed by atoms with E-state index < -0.39 is 0 Å². The minimum atomic E-state index is 0.212. The highest BCUT2D eigenvalue weighted by Gasteiger charge is 2.16. The molecule has 0 spiro atoms. The van der Waals surface area contributed by atoms with Crippen molar-refractivity contribution in [2.24, 2.45) is 0 Å². The molecule has 0 radical (unpaired) electrons. The van der Waals surface area contributed by atoms with E-state index in [2.05, 4.69) is 67.3 Å². The van der Waals surface area contributed by atoms with E-state index in [0.29, 0.717) is 0 Å². The van der Waals surface area contributed by atoms with E-state index >= 15 is 0 Å². The van der Waals surface area contributed by atoms with Crippen molar-refractivity contribution in [1.29, 1.82) is 0 Å². The Morgan fingerprint density at radius 2 is 1.85 bits per heavy atom. The fraction of sp³-hybridized carbons (Fsp3) is 0.312. The zero-order valence-corrected chi connectivity index (χ0v) is 14.6. The monoisotopic (exact) mass is 396 g/mol. The van der Waals surface area contributed by atoms with Crippen LogP contribution in [0.15, 0.2) is 51.5 Å². The molecule has 0 saturated heterocycles. The van der Waals surface area contributed by atoms with Gasteiger partial charge in [-0.25, -0.2) is 0 Å². The van der Waals surface area contributed by atoms with Gasteiger partial charge >= 0.3 is 0 Å². The molecule has 106 valence electrons. The molecular formula is C16H18Br2N2. The second kappa shape index (κ2) is 7.91. The predicted octanol–water partition coefficient (Wildman–Crippen LogP) is 4.89. The molecule has 0 amide bonds. The summed E-state index contributed by atoms with van der Waals surface area (Å²) in [6.45, 7) is 3.16. The molecule has 0 saturated carbocycles. The molecule has 0 aliphatic rings. The van der Waals surface area contributed by atoms with Gasteiger partial charge in [0.2, 0.25) is 0 Å². The summed E-state index contributed by atoms with van der Waals surface area (Å²) >= 11 is 7.23. The summed E-state index contributed by atoms with van der Waals surface area (Å²) in [5, 5.41) is 3.59. The van der Waals surface area contributed by atoms with Crippen molar-refractivity contribution in [3.05, 3.63) is 62.8 Å². The highest BCUT2D eigenvalue weighted by Crippen LogP contribution is 2.27. The molecule has 1 atom stereocenters. The second-order valence-electron chi connectivity index (χ2n) is 4.67. The number of nitrogens with one attached hydrogen (secondary N) is 1. The highest BCUT2D eigenvalue weighted by atomic mass is 79.9. The van der Waals surface area contributed by atoms with Crippen LogP contribution in [0, 0.1) is 0 Å². The number of hydrogen-bond acceptors (Lipinski definition) is 2. The van der Waals surface area contributed by atoms with Crippen LogP contribution >= 0.6 is 31.9 Å². The fourth-order valence-corrected chi connectivity index (χ4v) is 3.10. The maximum absolute atomic E-state index is 4.53. The second-order valence-corrected chi connectivity index (χ2v) is 6.38. The Balaban J connectivity index is 2.24. The number of halogens is 2. The van der Waals surface area contributed by atoms with Crippen LogP contribution in [0.25, 0.3) is 0 Å². The summed E-state index contributed by atoms with van der Waals surface area (Å²) in [5.74, 6) is 0. The minimum Gasteiger partial charge on any atom is -0.308 e. The lowest BCUT2D eigenvalue weighted by Gasteiger charge is -2.20. The van der Waals surface area contributed by atoms with Crippen molar-refractivity contribution in [3.63, 3.8) is 0 Å². The molecular weight excluding hydrogens is 380 g/mol. The number of benzene rings is 1. The molecule has 0 fully saturated rings. The van der Waals surface area contributed by atoms with Gasteiger partial charge in [0.1, 0.15) is 0 Å². The van der Waals surface area contributed by atoms with Crippen molar-refractivity contribution in [2.45, 2.75) is 25.8 Å². The van der Waals surface area contributed by atoms with Crippen LogP contribution in [0.1, 0.15) is 30.6 Å². The van der Waals surface area contributed by atoms with Crippen molar-refractivity contribution in [1.82, 2.24) is 10.3 Å². The average Bonchev–Trinajstić information content (AvgIpc) is 2.46. The van der Waals surface area contributed by atoms with Gasteiger partial charge in [0.25, 0.3) is 0 Å². The van der Waals surface area contributed by atoms with E-state index in [-0.39, 0.29) is 6.04 Å². The van der Waals surface area contributed by atoms with Crippen molar-refractivity contribution in [3.8, 4) is 0 Å². The van der Waals surface area contributed by atoms with E-state index in [1.165, 1.54) is 5.56 Å². The number of pyridine rings is 1. The number of hydrogen-bond donors (Lipinski definition) is 1. The number of aromatic nitrogens is 1. The topological polar surface area (TPSA) is 24.9 Å². The third kappa shape index (κ3) is 4.14. The molecule has 4 heteroatoms. The number of rotatable bonds is 6. The average molecular weight is 398 g/mol. The Hall–Kier alpha value is -0.710. The molecule has 2 aromatic rings. The first-order valence-corrected chi connectivity index (χ1v) is 8.38. The molecule has 20 heavy (non-hydrogen) atoms. The summed E-state index contributed by atoms with van der Waals surface area (Å²) in [6, 6.07) is 12.6. The van der Waals surface area contributed by atoms with Crippen molar-refractivity contribution < 1.29 is 0 Å². The minimum absolute atomic E-state index is 0.212. The molecule has 0 aliphatic carbocycles. The van der Waals surface area contributed by atoms with Crippen LogP contribution in [-0.4, -0.2) is 11.5 Å². The SMILES string of the molecule is CCCNC(Cc1ccccc1Br)c1ncccc1Br. The first-order chi connectivity index (χ1) is 9.72. The van der Waals surface area contributed by atoms with Gasteiger partial charge in [-0.3, -0.25) is 4.98 Å². The van der Waals surface area contributed by atoms with E-state index in [0.717, 1.165) is 34.0 Å². The molecule has 0 bridgehead atoms. The summed E-state index contributed by atoms with van der Waals surface area (Å²) in [4.78, 5) is 4.53. The van der Waals surface area contributed by atoms with Crippen molar-refractivity contribution >= 4 is 31.9 Å². The maximum atomic E-state index is 4.53. The predicted molar refractivity (Wildman–Crippen MR) is 90.8 cm³/mol. The lowest BCUT2D eigenvalue weighted by atomic mass is 10.0. The first kappa shape index (κ1) is 15.7. The van der Waals surface area contributed by atoms with Gasteiger partial charge in [-0.1, -0.05) is 41.1 Å². The van der Waals surface area contributed by atoms with E-state index in [9.17, 15) is 0 Å². The smallest absolute Gasteiger partial charge is 0.0718 e. The third-order valence-electron chi connectivity index (χ3n) is 3.14. The van der Waals surface area contributed by atoms with Crippen LogP contribution in [0.2, 0.25) is 0 Å². The molecule has 1 aromatic carbocycles. The molecule has 1 unspecified atom stereocenters. The van der Waals surface area contributed by atoms with Crippen molar-refractivity contribution in [2.75, 3.05) is 6.54 Å². The molecule has 0 aliphatic heterocycles. The van der Waals surface area contributed by atoms with E-state index in [1.807, 2.05) is 24.4 Å². The summed E-state index contributed by atoms with van der Waals surface area (Å²) < 4.78 is 2.20. The Kier molecular flexibility index (Phi) is 6.20. The van der Waals surface area contributed by atoms with Gasteiger partial charge < -0.3 is 5.32 Å². The van der Waals surface area contributed by atoms with E-state index in [4.69, 9.17) is 0 Å². The van der Waals surface area contributed by atoms with Gasteiger partial charge in [-0.05, 0) is 59.1 Å². The fourth-order valence-electron chi connectivity index (χ4n) is 2.12. The molecule has 2 nitrogen and oxygen atoms in total. The Labute approximate surface area is 137 Å². The lowest BCUT2D eigenvalue weighted by Crippen LogP contribution is -2.25. The van der Waals surface area contributed by atoms with Gasteiger partial charge in [0, 0.05) is 15.1 Å². The zero-order chi connectivity index (χ0) is 14.4. The molecule has 1 heterocycles. The quantitative estimate of drug-likeness (QED) is 0.750. The summed E-state index contributed by atoms with van der Waals surface area (Å²) in [5.41, 5.74) is 2.36. The zero-order valence-electron chi connectivity index (χ0n) is 11.4. The van der Waals surface area contributed by atoms with Gasteiger partial charge in [0.15, 0.2) is 0 Å². The molecule has 1 N–H and O–H groups in total. The van der Waals surface area contributed by atoms with Crippen LogP contribution < -0.4 is 5.32 Å². The van der Waals surface area contributed by atoms with Crippen LogP contribution in [0.3, 0.4) is 0 Å². The van der Waals surface area contributed by atoms with Crippen LogP contribution in [0.5, 0.6) is 0 Å². The van der Waals surface area contributed by atoms with Gasteiger partial charge in [-0.15, -0.1) is 0 Å². The number of nitrogens with zero attached hydrogens (tertiary/aromatic N) is 1. The largest absolute Gasteiger partial charge is 0.308 e. The maximum Gasteiger partial charge on any atom is 0.0718 e. The standard InChI is InChI=1S/C16H18Br2N2/c1-2-9-19-15(16-14(18)8-5-10-20-16)11-12-6-3-4-7-13(12)17/h3-8,10,15,19H,2,9,11H2,1H3. The molecule has 1 aromatic heterocycles. The van der Waals surface area contributed by atoms with E-state index in [1.54, 1.807) is 0 Å². The van der Waals surface area contributed by atoms with Crippen LogP contribution in [0.4, 0.5) is 0 Å². The Bertz CT molecular complexity index is 558. The first-order valence-electron chi connectivity index (χ1n) is 6.79.